The molecule has 0 atom stereocenters. The number of rotatable bonds is 2. The Bertz CT molecular complexity index is 338. The van der Waals surface area contributed by atoms with Crippen molar-refractivity contribution in [3.05, 3.63) is 23.8 Å². The number of hydrogen-bond donors (Lipinski definition) is 1. The van der Waals surface area contributed by atoms with E-state index in [2.05, 4.69) is 35.3 Å². The van der Waals surface area contributed by atoms with Gasteiger partial charge < -0.3 is 15.0 Å². The number of hydrogen-bond acceptors (Lipinski definition) is 3. The second kappa shape index (κ2) is 5.97. The maximum atomic E-state index is 5.47. The van der Waals surface area contributed by atoms with Crippen LogP contribution >= 0.6 is 12.4 Å². The van der Waals surface area contributed by atoms with E-state index >= 15 is 0 Å². The average Bonchev–Trinajstić information content (AvgIpc) is 2.30. The van der Waals surface area contributed by atoms with Gasteiger partial charge in [-0.15, -0.1) is 12.4 Å². The largest absolute Gasteiger partial charge is 0.494 e. The molecule has 0 aromatic heterocycles. The minimum absolute atomic E-state index is 0. The molecule has 1 heterocycles. The summed E-state index contributed by atoms with van der Waals surface area (Å²) in [6, 6.07) is 6.32. The van der Waals surface area contributed by atoms with Crippen LogP contribution in [0.25, 0.3) is 0 Å². The molecule has 1 N–H and O–H groups in total. The van der Waals surface area contributed by atoms with Crippen LogP contribution < -0.4 is 15.0 Å². The first-order chi connectivity index (χ1) is 7.33. The summed E-state index contributed by atoms with van der Waals surface area (Å²) in [5, 5.41) is 3.35. The van der Waals surface area contributed by atoms with Crippen molar-refractivity contribution in [2.24, 2.45) is 0 Å². The molecule has 0 unspecified atom stereocenters. The van der Waals surface area contributed by atoms with E-state index in [4.69, 9.17) is 4.74 Å². The number of nitrogens with zero attached hydrogens (tertiary/aromatic N) is 1. The molecule has 0 bridgehead atoms. The van der Waals surface area contributed by atoms with Gasteiger partial charge in [-0.25, -0.2) is 0 Å². The normalized spacial score (nSPS) is 15.5. The van der Waals surface area contributed by atoms with Gasteiger partial charge in [-0.1, -0.05) is 12.1 Å². The molecule has 3 nitrogen and oxygen atoms in total. The number of para-hydroxylation sites is 1. The van der Waals surface area contributed by atoms with Gasteiger partial charge >= 0.3 is 0 Å². The SMILES string of the molecule is COc1c(C)cccc1N1CCNCC1.Cl. The molecule has 0 spiro atoms. The van der Waals surface area contributed by atoms with E-state index in [0.717, 1.165) is 31.9 Å². The van der Waals surface area contributed by atoms with Gasteiger partial charge in [0.1, 0.15) is 5.75 Å². The molecule has 1 aromatic rings. The van der Waals surface area contributed by atoms with Gasteiger partial charge in [0, 0.05) is 26.2 Å². The highest BCUT2D eigenvalue weighted by Gasteiger charge is 2.15. The van der Waals surface area contributed by atoms with Gasteiger partial charge in [-0.05, 0) is 18.6 Å². The van der Waals surface area contributed by atoms with Crippen molar-refractivity contribution in [1.29, 1.82) is 0 Å². The summed E-state index contributed by atoms with van der Waals surface area (Å²) in [5.74, 6) is 1.01. The molecule has 0 amide bonds. The van der Waals surface area contributed by atoms with Crippen LogP contribution in [-0.2, 0) is 0 Å². The van der Waals surface area contributed by atoms with Gasteiger partial charge in [-0.3, -0.25) is 0 Å². The first kappa shape index (κ1) is 13.1. The third-order valence-corrected chi connectivity index (χ3v) is 2.85. The first-order valence-electron chi connectivity index (χ1n) is 5.42. The van der Waals surface area contributed by atoms with E-state index in [1.807, 2.05) is 0 Å². The van der Waals surface area contributed by atoms with Crippen LogP contribution in [0.15, 0.2) is 18.2 Å². The second-order valence-electron chi connectivity index (χ2n) is 3.86. The summed E-state index contributed by atoms with van der Waals surface area (Å²) in [4.78, 5) is 2.38. The fraction of sp³-hybridized carbons (Fsp3) is 0.500. The zero-order valence-electron chi connectivity index (χ0n) is 9.82. The van der Waals surface area contributed by atoms with Crippen molar-refractivity contribution in [2.75, 3.05) is 38.2 Å². The standard InChI is InChI=1S/C12H18N2O.ClH/c1-10-4-3-5-11(12(10)15-2)14-8-6-13-7-9-14;/h3-5,13H,6-9H2,1-2H3;1H. The quantitative estimate of drug-likeness (QED) is 0.857. The molecule has 0 radical (unpaired) electrons. The van der Waals surface area contributed by atoms with Crippen LogP contribution in [0.2, 0.25) is 0 Å². The molecule has 2 rings (SSSR count). The number of nitrogens with one attached hydrogen (secondary N) is 1. The van der Waals surface area contributed by atoms with Crippen molar-refractivity contribution in [1.82, 2.24) is 5.32 Å². The Hall–Kier alpha value is -0.930. The molecule has 1 saturated heterocycles. The first-order valence-corrected chi connectivity index (χ1v) is 5.42. The summed E-state index contributed by atoms with van der Waals surface area (Å²) in [6.07, 6.45) is 0. The third kappa shape index (κ3) is 2.60. The van der Waals surface area contributed by atoms with Crippen molar-refractivity contribution < 1.29 is 4.74 Å². The topological polar surface area (TPSA) is 24.5 Å². The van der Waals surface area contributed by atoms with Crippen LogP contribution in [0, 0.1) is 6.92 Å². The summed E-state index contributed by atoms with van der Waals surface area (Å²) in [6.45, 7) is 6.30. The Labute approximate surface area is 103 Å². The van der Waals surface area contributed by atoms with Crippen LogP contribution in [0.5, 0.6) is 5.75 Å². The lowest BCUT2D eigenvalue weighted by atomic mass is 10.1. The highest BCUT2D eigenvalue weighted by atomic mass is 35.5. The zero-order valence-corrected chi connectivity index (χ0v) is 10.6. The number of halogens is 1. The predicted molar refractivity (Wildman–Crippen MR) is 70.1 cm³/mol. The van der Waals surface area contributed by atoms with Crippen LogP contribution in [0.4, 0.5) is 5.69 Å². The highest BCUT2D eigenvalue weighted by molar-refractivity contribution is 5.85. The molecule has 1 aromatic carbocycles. The molecule has 0 saturated carbocycles. The van der Waals surface area contributed by atoms with Gasteiger partial charge in [0.2, 0.25) is 0 Å². The molecular weight excluding hydrogens is 224 g/mol. The van der Waals surface area contributed by atoms with Crippen molar-refractivity contribution >= 4 is 18.1 Å². The second-order valence-corrected chi connectivity index (χ2v) is 3.86. The molecular formula is C12H19ClN2O. The van der Waals surface area contributed by atoms with Gasteiger partial charge in [-0.2, -0.15) is 0 Å². The van der Waals surface area contributed by atoms with Crippen LogP contribution in [-0.4, -0.2) is 33.3 Å². The van der Waals surface area contributed by atoms with Gasteiger partial charge in [0.05, 0.1) is 12.8 Å². The molecule has 1 aliphatic heterocycles. The number of benzene rings is 1. The molecule has 4 heteroatoms. The maximum Gasteiger partial charge on any atom is 0.145 e. The number of anilines is 1. The molecule has 16 heavy (non-hydrogen) atoms. The molecule has 1 fully saturated rings. The summed E-state index contributed by atoms with van der Waals surface area (Å²) in [7, 11) is 1.74. The molecule has 90 valence electrons. The Morgan fingerprint density at radius 3 is 2.56 bits per heavy atom. The van der Waals surface area contributed by atoms with E-state index in [9.17, 15) is 0 Å². The lowest BCUT2D eigenvalue weighted by molar-refractivity contribution is 0.410. The van der Waals surface area contributed by atoms with Gasteiger partial charge in [0.25, 0.3) is 0 Å². The van der Waals surface area contributed by atoms with Crippen molar-refractivity contribution in [3.63, 3.8) is 0 Å². The molecule has 1 aliphatic rings. The summed E-state index contributed by atoms with van der Waals surface area (Å²) >= 11 is 0. The van der Waals surface area contributed by atoms with Crippen molar-refractivity contribution in [2.45, 2.75) is 6.92 Å². The minimum Gasteiger partial charge on any atom is -0.494 e. The summed E-state index contributed by atoms with van der Waals surface area (Å²) < 4.78 is 5.47. The van der Waals surface area contributed by atoms with Crippen molar-refractivity contribution in [3.8, 4) is 5.75 Å². The number of methoxy groups -OCH3 is 1. The smallest absolute Gasteiger partial charge is 0.145 e. The highest BCUT2D eigenvalue weighted by Crippen LogP contribution is 2.31. The monoisotopic (exact) mass is 242 g/mol. The average molecular weight is 243 g/mol. The fourth-order valence-corrected chi connectivity index (χ4v) is 2.06. The number of piperazine rings is 1. The number of aryl methyl sites for hydroxylation is 1. The Morgan fingerprint density at radius 2 is 1.94 bits per heavy atom. The fourth-order valence-electron chi connectivity index (χ4n) is 2.06. The van der Waals surface area contributed by atoms with Crippen LogP contribution in [0.1, 0.15) is 5.56 Å². The summed E-state index contributed by atoms with van der Waals surface area (Å²) in [5.41, 5.74) is 2.42. The minimum atomic E-state index is 0. The Morgan fingerprint density at radius 1 is 1.25 bits per heavy atom. The van der Waals surface area contributed by atoms with E-state index in [-0.39, 0.29) is 12.4 Å². The lowest BCUT2D eigenvalue weighted by Crippen LogP contribution is -2.43. The maximum absolute atomic E-state index is 5.47. The number of ether oxygens (including phenoxy) is 1. The predicted octanol–water partition coefficient (Wildman–Crippen LogP) is 1.84. The van der Waals surface area contributed by atoms with Gasteiger partial charge in [0.15, 0.2) is 0 Å². The van der Waals surface area contributed by atoms with E-state index < -0.39 is 0 Å². The lowest BCUT2D eigenvalue weighted by Gasteiger charge is -2.31. The zero-order chi connectivity index (χ0) is 10.7. The van der Waals surface area contributed by atoms with E-state index in [1.54, 1.807) is 7.11 Å². The molecule has 0 aliphatic carbocycles. The van der Waals surface area contributed by atoms with E-state index in [0.29, 0.717) is 0 Å². The Balaban J connectivity index is 0.00000128. The van der Waals surface area contributed by atoms with Crippen LogP contribution in [0.3, 0.4) is 0 Å². The van der Waals surface area contributed by atoms with E-state index in [1.165, 1.54) is 11.3 Å². The third-order valence-electron chi connectivity index (χ3n) is 2.85. The Kier molecular flexibility index (Phi) is 4.90.